The molecule has 3 heteroatoms. The topological polar surface area (TPSA) is 55.1 Å². The van der Waals surface area contributed by atoms with Crippen LogP contribution in [0.1, 0.15) is 46.1 Å². The Morgan fingerprint density at radius 1 is 1.28 bits per heavy atom. The van der Waals surface area contributed by atoms with E-state index in [2.05, 4.69) is 26.1 Å². The summed E-state index contributed by atoms with van der Waals surface area (Å²) in [7, 11) is 0. The zero-order valence-corrected chi connectivity index (χ0v) is 11.9. The number of hydrogen-bond acceptors (Lipinski definition) is 2. The van der Waals surface area contributed by atoms with E-state index in [0.29, 0.717) is 5.69 Å². The van der Waals surface area contributed by atoms with Crippen molar-refractivity contribution in [2.45, 2.75) is 46.6 Å². The number of carbonyl (C=O) groups excluding carboxylic acids is 1. The van der Waals surface area contributed by atoms with E-state index < -0.39 is 0 Å². The summed E-state index contributed by atoms with van der Waals surface area (Å²) in [6.45, 7) is 10.3. The summed E-state index contributed by atoms with van der Waals surface area (Å²) in [5.74, 6) is -0.138. The van der Waals surface area contributed by atoms with Crippen LogP contribution in [0.2, 0.25) is 0 Å². The van der Waals surface area contributed by atoms with Gasteiger partial charge in [-0.05, 0) is 37.0 Å². The molecule has 2 unspecified atom stereocenters. The molecule has 3 N–H and O–H groups in total. The van der Waals surface area contributed by atoms with Gasteiger partial charge in [-0.1, -0.05) is 32.9 Å². The molecule has 1 rings (SSSR count). The predicted octanol–water partition coefficient (Wildman–Crippen LogP) is 2.92. The minimum atomic E-state index is -0.182. The predicted molar refractivity (Wildman–Crippen MR) is 76.3 cm³/mol. The van der Waals surface area contributed by atoms with Crippen LogP contribution in [0, 0.1) is 5.41 Å². The van der Waals surface area contributed by atoms with E-state index in [1.807, 2.05) is 38.1 Å². The summed E-state index contributed by atoms with van der Waals surface area (Å²) in [6, 6.07) is 7.62. The first-order chi connectivity index (χ1) is 8.21. The maximum atomic E-state index is 12.2. The standard InChI is InChI=1S/C15H24N2O/c1-10(12-7-6-8-13(16)9-12)14(18)17-11(2)15(3,4)5/h6-11H,16H2,1-5H3,(H,17,18). The molecule has 0 radical (unpaired) electrons. The van der Waals surface area contributed by atoms with Crippen molar-refractivity contribution in [3.8, 4) is 0 Å². The van der Waals surface area contributed by atoms with Crippen molar-refractivity contribution in [1.82, 2.24) is 5.32 Å². The molecule has 0 aliphatic carbocycles. The van der Waals surface area contributed by atoms with Gasteiger partial charge in [0.25, 0.3) is 0 Å². The summed E-state index contributed by atoms with van der Waals surface area (Å²) in [5.41, 5.74) is 7.44. The van der Waals surface area contributed by atoms with Crippen molar-refractivity contribution >= 4 is 11.6 Å². The molecule has 1 aromatic carbocycles. The third kappa shape index (κ3) is 3.76. The molecule has 0 heterocycles. The number of nitrogens with one attached hydrogen (secondary N) is 1. The number of amides is 1. The number of anilines is 1. The SMILES string of the molecule is CC(C(=O)NC(C)C(C)(C)C)c1cccc(N)c1. The van der Waals surface area contributed by atoms with Crippen LogP contribution in [0.3, 0.4) is 0 Å². The highest BCUT2D eigenvalue weighted by atomic mass is 16.1. The van der Waals surface area contributed by atoms with Crippen molar-refractivity contribution in [1.29, 1.82) is 0 Å². The Morgan fingerprint density at radius 3 is 2.39 bits per heavy atom. The summed E-state index contributed by atoms with van der Waals surface area (Å²) in [6.07, 6.45) is 0. The van der Waals surface area contributed by atoms with Gasteiger partial charge in [-0.3, -0.25) is 4.79 Å². The van der Waals surface area contributed by atoms with E-state index in [1.54, 1.807) is 0 Å². The maximum absolute atomic E-state index is 12.2. The van der Waals surface area contributed by atoms with Gasteiger partial charge in [0.1, 0.15) is 0 Å². The largest absolute Gasteiger partial charge is 0.399 e. The number of benzene rings is 1. The van der Waals surface area contributed by atoms with Gasteiger partial charge < -0.3 is 11.1 Å². The molecule has 0 bridgehead atoms. The molecule has 0 aromatic heterocycles. The fraction of sp³-hybridized carbons (Fsp3) is 0.533. The average molecular weight is 248 g/mol. The first-order valence-corrected chi connectivity index (χ1v) is 6.37. The molecule has 2 atom stereocenters. The number of rotatable bonds is 3. The number of carbonyl (C=O) groups is 1. The molecule has 1 amide bonds. The van der Waals surface area contributed by atoms with Gasteiger partial charge in [-0.25, -0.2) is 0 Å². The van der Waals surface area contributed by atoms with E-state index >= 15 is 0 Å². The molecule has 0 aliphatic heterocycles. The quantitative estimate of drug-likeness (QED) is 0.808. The average Bonchev–Trinajstić information content (AvgIpc) is 2.26. The zero-order chi connectivity index (χ0) is 13.9. The van der Waals surface area contributed by atoms with Crippen molar-refractivity contribution in [3.05, 3.63) is 29.8 Å². The molecular weight excluding hydrogens is 224 g/mol. The molecule has 100 valence electrons. The summed E-state index contributed by atoms with van der Waals surface area (Å²) in [4.78, 5) is 12.2. The highest BCUT2D eigenvalue weighted by Crippen LogP contribution is 2.21. The van der Waals surface area contributed by atoms with Gasteiger partial charge >= 0.3 is 0 Å². The van der Waals surface area contributed by atoms with Crippen LogP contribution in [0.25, 0.3) is 0 Å². The van der Waals surface area contributed by atoms with E-state index in [9.17, 15) is 4.79 Å². The number of hydrogen-bond donors (Lipinski definition) is 2. The van der Waals surface area contributed by atoms with Crippen LogP contribution in [0.5, 0.6) is 0 Å². The summed E-state index contributed by atoms with van der Waals surface area (Å²) < 4.78 is 0. The first-order valence-electron chi connectivity index (χ1n) is 6.37. The second kappa shape index (κ2) is 5.42. The zero-order valence-electron chi connectivity index (χ0n) is 11.9. The van der Waals surface area contributed by atoms with Gasteiger partial charge in [0.05, 0.1) is 5.92 Å². The number of nitrogen functional groups attached to an aromatic ring is 1. The van der Waals surface area contributed by atoms with Crippen LogP contribution >= 0.6 is 0 Å². The Balaban J connectivity index is 2.73. The second-order valence-electron chi connectivity index (χ2n) is 5.99. The van der Waals surface area contributed by atoms with Gasteiger partial charge in [0, 0.05) is 11.7 Å². The molecule has 18 heavy (non-hydrogen) atoms. The molecule has 1 aromatic rings. The van der Waals surface area contributed by atoms with Crippen molar-refractivity contribution in [3.63, 3.8) is 0 Å². The van der Waals surface area contributed by atoms with Gasteiger partial charge in [-0.2, -0.15) is 0 Å². The molecule has 0 fully saturated rings. The monoisotopic (exact) mass is 248 g/mol. The van der Waals surface area contributed by atoms with Crippen molar-refractivity contribution < 1.29 is 4.79 Å². The number of nitrogens with two attached hydrogens (primary N) is 1. The van der Waals surface area contributed by atoms with E-state index in [1.165, 1.54) is 0 Å². The Labute approximate surface area is 110 Å². The summed E-state index contributed by atoms with van der Waals surface area (Å²) >= 11 is 0. The van der Waals surface area contributed by atoms with E-state index in [-0.39, 0.29) is 23.3 Å². The van der Waals surface area contributed by atoms with Crippen LogP contribution in [0.15, 0.2) is 24.3 Å². The van der Waals surface area contributed by atoms with Gasteiger partial charge in [0.15, 0.2) is 0 Å². The fourth-order valence-electron chi connectivity index (χ4n) is 1.53. The first kappa shape index (κ1) is 14.6. The Hall–Kier alpha value is -1.51. The van der Waals surface area contributed by atoms with Gasteiger partial charge in [-0.15, -0.1) is 0 Å². The second-order valence-corrected chi connectivity index (χ2v) is 5.99. The molecule has 0 saturated heterocycles. The van der Waals surface area contributed by atoms with Crippen molar-refractivity contribution in [2.24, 2.45) is 5.41 Å². The Bertz CT molecular complexity index is 421. The minimum Gasteiger partial charge on any atom is -0.399 e. The lowest BCUT2D eigenvalue weighted by Gasteiger charge is -2.29. The lowest BCUT2D eigenvalue weighted by molar-refractivity contribution is -0.123. The van der Waals surface area contributed by atoms with Crippen LogP contribution < -0.4 is 11.1 Å². The normalized spacial score (nSPS) is 14.9. The van der Waals surface area contributed by atoms with E-state index in [0.717, 1.165) is 5.56 Å². The van der Waals surface area contributed by atoms with Crippen LogP contribution in [0.4, 0.5) is 5.69 Å². The maximum Gasteiger partial charge on any atom is 0.227 e. The molecule has 0 aliphatic rings. The molecule has 0 saturated carbocycles. The molecule has 3 nitrogen and oxygen atoms in total. The highest BCUT2D eigenvalue weighted by molar-refractivity contribution is 5.83. The lowest BCUT2D eigenvalue weighted by Crippen LogP contribution is -2.43. The third-order valence-electron chi connectivity index (χ3n) is 3.46. The highest BCUT2D eigenvalue weighted by Gasteiger charge is 2.24. The van der Waals surface area contributed by atoms with Crippen molar-refractivity contribution in [2.75, 3.05) is 5.73 Å². The van der Waals surface area contributed by atoms with Crippen LogP contribution in [-0.4, -0.2) is 11.9 Å². The van der Waals surface area contributed by atoms with Crippen LogP contribution in [-0.2, 0) is 4.79 Å². The lowest BCUT2D eigenvalue weighted by atomic mass is 9.87. The summed E-state index contributed by atoms with van der Waals surface area (Å²) in [5, 5.41) is 3.06. The Kier molecular flexibility index (Phi) is 4.38. The van der Waals surface area contributed by atoms with Gasteiger partial charge in [0.2, 0.25) is 5.91 Å². The fourth-order valence-corrected chi connectivity index (χ4v) is 1.53. The molecule has 0 spiro atoms. The smallest absolute Gasteiger partial charge is 0.227 e. The van der Waals surface area contributed by atoms with E-state index in [4.69, 9.17) is 5.73 Å². The third-order valence-corrected chi connectivity index (χ3v) is 3.46. The minimum absolute atomic E-state index is 0.0445. The molecular formula is C15H24N2O. The Morgan fingerprint density at radius 2 is 1.89 bits per heavy atom.